The molecule has 0 aromatic heterocycles. The number of hydrogen-bond donors (Lipinski definition) is 2. The first-order valence-electron chi connectivity index (χ1n) is 7.33. The van der Waals surface area contributed by atoms with Gasteiger partial charge in [0.1, 0.15) is 0 Å². The Labute approximate surface area is 122 Å². The zero-order valence-electron chi connectivity index (χ0n) is 12.3. The average Bonchev–Trinajstić information content (AvgIpc) is 2.43. The van der Waals surface area contributed by atoms with Gasteiger partial charge in [0.05, 0.1) is 11.0 Å². The molecule has 110 valence electrons. The van der Waals surface area contributed by atoms with Gasteiger partial charge in [0.15, 0.2) is 0 Å². The van der Waals surface area contributed by atoms with E-state index in [-0.39, 0.29) is 11.9 Å². The molecule has 4 nitrogen and oxygen atoms in total. The number of nitrogens with one attached hydrogen (secondary N) is 1. The number of likely N-dealkylation sites (tertiary alicyclic amines) is 1. The molecule has 3 N–H and O–H groups in total. The van der Waals surface area contributed by atoms with Crippen molar-refractivity contribution in [2.24, 2.45) is 11.7 Å². The lowest BCUT2D eigenvalue weighted by molar-refractivity contribution is -0.127. The molecule has 1 fully saturated rings. The largest absolute Gasteiger partial charge is 0.393 e. The van der Waals surface area contributed by atoms with Crippen molar-refractivity contribution in [2.45, 2.75) is 58.5 Å². The molecule has 0 aromatic rings. The Morgan fingerprint density at radius 2 is 1.89 bits per heavy atom. The molecule has 0 radical (unpaired) electrons. The van der Waals surface area contributed by atoms with E-state index >= 15 is 0 Å². The van der Waals surface area contributed by atoms with Crippen molar-refractivity contribution in [3.63, 3.8) is 0 Å². The fourth-order valence-electron chi connectivity index (χ4n) is 2.55. The highest BCUT2D eigenvalue weighted by Crippen LogP contribution is 2.19. The fourth-order valence-corrected chi connectivity index (χ4v) is 2.79. The molecule has 1 amide bonds. The van der Waals surface area contributed by atoms with E-state index in [2.05, 4.69) is 24.1 Å². The lowest BCUT2D eigenvalue weighted by Gasteiger charge is -2.35. The van der Waals surface area contributed by atoms with Gasteiger partial charge in [0, 0.05) is 12.0 Å². The molecule has 1 unspecified atom stereocenters. The first-order valence-corrected chi connectivity index (χ1v) is 7.74. The molecular formula is C14H27N3OS. The van der Waals surface area contributed by atoms with Crippen molar-refractivity contribution in [3.8, 4) is 0 Å². The molecule has 1 aliphatic heterocycles. The minimum Gasteiger partial charge on any atom is -0.393 e. The fraction of sp³-hybridized carbons (Fsp3) is 0.857. The van der Waals surface area contributed by atoms with E-state index in [0.717, 1.165) is 38.8 Å². The SMILES string of the molecule is CCC(CC)NC(=O)C(C)N1CCC(C(N)=S)CC1. The Hall–Kier alpha value is -0.680. The predicted molar refractivity (Wildman–Crippen MR) is 83.1 cm³/mol. The molecule has 1 saturated heterocycles. The quantitative estimate of drug-likeness (QED) is 0.729. The number of nitrogens with zero attached hydrogens (tertiary/aromatic N) is 1. The number of hydrogen-bond acceptors (Lipinski definition) is 3. The summed E-state index contributed by atoms with van der Waals surface area (Å²) in [4.78, 5) is 15.0. The van der Waals surface area contributed by atoms with Crippen molar-refractivity contribution in [3.05, 3.63) is 0 Å². The van der Waals surface area contributed by atoms with Crippen LogP contribution in [0, 0.1) is 5.92 Å². The highest BCUT2D eigenvalue weighted by molar-refractivity contribution is 7.80. The summed E-state index contributed by atoms with van der Waals surface area (Å²) in [5.74, 6) is 0.489. The normalized spacial score (nSPS) is 19.4. The topological polar surface area (TPSA) is 58.4 Å². The minimum absolute atomic E-state index is 0.0621. The monoisotopic (exact) mass is 285 g/mol. The Balaban J connectivity index is 2.44. The standard InChI is InChI=1S/C14H27N3OS/c1-4-12(5-2)16-14(18)10(3)17-8-6-11(7-9-17)13(15)19/h10-12H,4-9H2,1-3H3,(H2,15,19)(H,16,18). The van der Waals surface area contributed by atoms with Crippen molar-refractivity contribution >= 4 is 23.1 Å². The number of amides is 1. The van der Waals surface area contributed by atoms with Gasteiger partial charge in [-0.1, -0.05) is 26.1 Å². The van der Waals surface area contributed by atoms with Gasteiger partial charge in [-0.05, 0) is 45.7 Å². The molecule has 0 bridgehead atoms. The second-order valence-electron chi connectivity index (χ2n) is 5.41. The van der Waals surface area contributed by atoms with E-state index in [4.69, 9.17) is 18.0 Å². The maximum atomic E-state index is 12.2. The second-order valence-corrected chi connectivity index (χ2v) is 5.88. The van der Waals surface area contributed by atoms with Gasteiger partial charge in [-0.15, -0.1) is 0 Å². The molecular weight excluding hydrogens is 258 g/mol. The number of piperidine rings is 1. The summed E-state index contributed by atoms with van der Waals surface area (Å²) in [6.45, 7) is 8.00. The highest BCUT2D eigenvalue weighted by Gasteiger charge is 2.28. The van der Waals surface area contributed by atoms with Crippen molar-refractivity contribution < 1.29 is 4.79 Å². The van der Waals surface area contributed by atoms with E-state index in [1.54, 1.807) is 0 Å². The molecule has 5 heteroatoms. The van der Waals surface area contributed by atoms with Crippen molar-refractivity contribution in [2.75, 3.05) is 13.1 Å². The Morgan fingerprint density at radius 3 is 2.32 bits per heavy atom. The van der Waals surface area contributed by atoms with Crippen molar-refractivity contribution in [1.29, 1.82) is 0 Å². The van der Waals surface area contributed by atoms with Gasteiger partial charge in [0.25, 0.3) is 0 Å². The summed E-state index contributed by atoms with van der Waals surface area (Å²) in [6, 6.07) is 0.233. The van der Waals surface area contributed by atoms with Gasteiger partial charge in [-0.3, -0.25) is 9.69 Å². The van der Waals surface area contributed by atoms with Gasteiger partial charge >= 0.3 is 0 Å². The van der Waals surface area contributed by atoms with Crippen LogP contribution in [0.4, 0.5) is 0 Å². The predicted octanol–water partition coefficient (Wildman–Crippen LogP) is 1.68. The Morgan fingerprint density at radius 1 is 1.37 bits per heavy atom. The summed E-state index contributed by atoms with van der Waals surface area (Å²) in [6.07, 6.45) is 3.91. The number of rotatable bonds is 6. The molecule has 1 heterocycles. The Kier molecular flexibility index (Phi) is 6.72. The highest BCUT2D eigenvalue weighted by atomic mass is 32.1. The van der Waals surface area contributed by atoms with Gasteiger partial charge in [-0.25, -0.2) is 0 Å². The maximum Gasteiger partial charge on any atom is 0.237 e. The Bertz CT molecular complexity index is 310. The number of nitrogens with two attached hydrogens (primary N) is 1. The van der Waals surface area contributed by atoms with Crippen molar-refractivity contribution in [1.82, 2.24) is 10.2 Å². The zero-order valence-corrected chi connectivity index (χ0v) is 13.1. The van der Waals surface area contributed by atoms with E-state index in [0.29, 0.717) is 16.9 Å². The molecule has 19 heavy (non-hydrogen) atoms. The van der Waals surface area contributed by atoms with E-state index in [1.807, 2.05) is 6.92 Å². The lowest BCUT2D eigenvalue weighted by Crippen LogP contribution is -2.51. The molecule has 0 aliphatic carbocycles. The van der Waals surface area contributed by atoms with Crippen LogP contribution in [0.1, 0.15) is 46.5 Å². The van der Waals surface area contributed by atoms with E-state index in [1.165, 1.54) is 0 Å². The van der Waals surface area contributed by atoms with Crippen LogP contribution in [0.5, 0.6) is 0 Å². The van der Waals surface area contributed by atoms with Gasteiger partial charge in [0.2, 0.25) is 5.91 Å². The van der Waals surface area contributed by atoms with Crippen LogP contribution in [-0.2, 0) is 4.79 Å². The van der Waals surface area contributed by atoms with Crippen LogP contribution < -0.4 is 11.1 Å². The van der Waals surface area contributed by atoms with E-state index < -0.39 is 0 Å². The van der Waals surface area contributed by atoms with Crippen LogP contribution in [0.3, 0.4) is 0 Å². The van der Waals surface area contributed by atoms with Crippen LogP contribution >= 0.6 is 12.2 Å². The third-order valence-corrected chi connectivity index (χ3v) is 4.52. The molecule has 1 aliphatic rings. The van der Waals surface area contributed by atoms with Crippen LogP contribution in [0.15, 0.2) is 0 Å². The molecule has 0 spiro atoms. The summed E-state index contributed by atoms with van der Waals surface area (Å²) in [7, 11) is 0. The molecule has 1 atom stereocenters. The average molecular weight is 285 g/mol. The van der Waals surface area contributed by atoms with Crippen LogP contribution in [0.2, 0.25) is 0 Å². The molecule has 0 saturated carbocycles. The molecule has 1 rings (SSSR count). The second kappa shape index (κ2) is 7.80. The molecule has 0 aromatic carbocycles. The van der Waals surface area contributed by atoms with Crippen LogP contribution in [0.25, 0.3) is 0 Å². The summed E-state index contributed by atoms with van der Waals surface area (Å²) < 4.78 is 0. The summed E-state index contributed by atoms with van der Waals surface area (Å²) in [5, 5.41) is 3.12. The minimum atomic E-state index is -0.0621. The summed E-state index contributed by atoms with van der Waals surface area (Å²) in [5.41, 5.74) is 5.68. The third kappa shape index (κ3) is 4.73. The third-order valence-electron chi connectivity index (χ3n) is 4.19. The van der Waals surface area contributed by atoms with Gasteiger partial charge in [-0.2, -0.15) is 0 Å². The number of carbonyl (C=O) groups excluding carboxylic acids is 1. The first-order chi connectivity index (χ1) is 8.99. The van der Waals surface area contributed by atoms with E-state index in [9.17, 15) is 4.79 Å². The van der Waals surface area contributed by atoms with Crippen LogP contribution in [-0.4, -0.2) is 41.0 Å². The summed E-state index contributed by atoms with van der Waals surface area (Å²) >= 11 is 5.04. The first kappa shape index (κ1) is 16.4. The van der Waals surface area contributed by atoms with Gasteiger partial charge < -0.3 is 11.1 Å². The number of carbonyl (C=O) groups is 1. The smallest absolute Gasteiger partial charge is 0.237 e. The lowest BCUT2D eigenvalue weighted by atomic mass is 9.96. The zero-order chi connectivity index (χ0) is 14.4. The number of thiocarbonyl (C=S) groups is 1. The maximum absolute atomic E-state index is 12.2.